The van der Waals surface area contributed by atoms with Crippen LogP contribution < -0.4 is 50.8 Å². The number of aliphatic hydroxyl groups excluding tert-OH is 2. The van der Waals surface area contributed by atoms with Gasteiger partial charge >= 0.3 is 53.7 Å². The first-order valence-corrected chi connectivity index (χ1v) is 19.7. The summed E-state index contributed by atoms with van der Waals surface area (Å²) < 4.78 is 0. The van der Waals surface area contributed by atoms with Gasteiger partial charge in [0, 0.05) is 12.6 Å². The van der Waals surface area contributed by atoms with Crippen molar-refractivity contribution in [1.29, 1.82) is 0 Å². The second-order valence-corrected chi connectivity index (χ2v) is 13.9. The summed E-state index contributed by atoms with van der Waals surface area (Å²) in [5, 5.41) is 94.8. The summed E-state index contributed by atoms with van der Waals surface area (Å²) >= 11 is 0. The average Bonchev–Trinajstić information content (AvgIpc) is 4.07. The van der Waals surface area contributed by atoms with Crippen molar-refractivity contribution in [2.24, 2.45) is 46.1 Å². The third-order valence-electron chi connectivity index (χ3n) is 7.29. The molecule has 31 nitrogen and oxygen atoms in total. The van der Waals surface area contributed by atoms with Crippen LogP contribution in [-0.2, 0) is 49.6 Å². The lowest BCUT2D eigenvalue weighted by atomic mass is 10.1. The molecule has 0 unspecified atom stereocenters. The summed E-state index contributed by atoms with van der Waals surface area (Å²) in [6, 6.07) is -5.86. The minimum Gasteiger partial charge on any atom is -0.480 e. The number of aliphatic hydroxyl groups is 2. The molecule has 9 atom stereocenters. The van der Waals surface area contributed by atoms with Gasteiger partial charge in [-0.25, -0.2) is 4.98 Å². The van der Waals surface area contributed by atoms with Gasteiger partial charge in [0.2, 0.25) is 0 Å². The van der Waals surface area contributed by atoms with Crippen LogP contribution in [0.5, 0.6) is 0 Å². The number of hydrogen-bond donors (Lipinski definition) is 21. The highest BCUT2D eigenvalue weighted by Crippen LogP contribution is 2.04. The molecular formula is C36H73N11O20. The van der Waals surface area contributed by atoms with Crippen molar-refractivity contribution in [3.63, 3.8) is 0 Å². The van der Waals surface area contributed by atoms with Crippen LogP contribution in [-0.4, -0.2) is 201 Å². The molecule has 0 spiro atoms. The monoisotopic (exact) mass is 980 g/mol. The lowest BCUT2D eigenvalue weighted by Crippen LogP contribution is -2.39. The fourth-order valence-electron chi connectivity index (χ4n) is 3.08. The van der Waals surface area contributed by atoms with E-state index in [9.17, 15) is 43.2 Å². The van der Waals surface area contributed by atoms with Gasteiger partial charge in [-0.05, 0) is 65.5 Å². The molecule has 2 fully saturated rings. The molecule has 0 aliphatic carbocycles. The Balaban J connectivity index is -0.000000158. The number of carbonyl (C=O) groups is 9. The zero-order valence-electron chi connectivity index (χ0n) is 37.9. The number of hydrogen-bond acceptors (Lipinski definition) is 21. The van der Waals surface area contributed by atoms with Gasteiger partial charge in [-0.2, -0.15) is 0 Å². The molecule has 0 amide bonds. The molecule has 28 N–H and O–H groups in total. The van der Waals surface area contributed by atoms with Gasteiger partial charge in [0.15, 0.2) is 0 Å². The quantitative estimate of drug-likeness (QED) is 0.0825. The summed E-state index contributed by atoms with van der Waals surface area (Å²) in [6.07, 6.45) is 5.97. The number of H-pyrrole nitrogens is 1. The summed E-state index contributed by atoms with van der Waals surface area (Å²) in [5.41, 5.74) is 35.0. The first-order chi connectivity index (χ1) is 30.7. The van der Waals surface area contributed by atoms with Crippen LogP contribution in [0.2, 0.25) is 0 Å². The van der Waals surface area contributed by atoms with Crippen molar-refractivity contribution in [3.05, 3.63) is 18.2 Å². The van der Waals surface area contributed by atoms with Crippen LogP contribution in [0, 0.1) is 5.92 Å². The van der Waals surface area contributed by atoms with Gasteiger partial charge in [0.25, 0.3) is 0 Å². The van der Waals surface area contributed by atoms with Gasteiger partial charge in [-0.1, -0.05) is 13.8 Å². The number of carboxylic acid groups (broad SMARTS) is 9. The second-order valence-electron chi connectivity index (χ2n) is 13.9. The Labute approximate surface area is 385 Å². The number of rotatable bonds is 14. The van der Waals surface area contributed by atoms with E-state index in [1.807, 2.05) is 0 Å². The number of aliphatic carboxylic acids is 9. The third-order valence-corrected chi connectivity index (χ3v) is 7.29. The van der Waals surface area contributed by atoms with E-state index in [1.54, 1.807) is 20.0 Å². The molecule has 67 heavy (non-hydrogen) atoms. The van der Waals surface area contributed by atoms with E-state index in [0.717, 1.165) is 38.8 Å². The maximum atomic E-state index is 10.3. The van der Waals surface area contributed by atoms with Gasteiger partial charge in [0.05, 0.1) is 31.3 Å². The summed E-state index contributed by atoms with van der Waals surface area (Å²) in [5.74, 6) is -8.61. The lowest BCUT2D eigenvalue weighted by Gasteiger charge is -2.07. The fourth-order valence-corrected chi connectivity index (χ4v) is 3.08. The Kier molecular flexibility index (Phi) is 47.5. The Morgan fingerprint density at radius 2 is 0.955 bits per heavy atom. The van der Waals surface area contributed by atoms with Crippen LogP contribution >= 0.6 is 0 Å². The van der Waals surface area contributed by atoms with E-state index < -0.39 is 103 Å². The van der Waals surface area contributed by atoms with Crippen molar-refractivity contribution in [2.45, 2.75) is 121 Å². The predicted octanol–water partition coefficient (Wildman–Crippen LogP) is -5.90. The molecular weight excluding hydrogens is 906 g/mol. The van der Waals surface area contributed by atoms with E-state index in [2.05, 4.69) is 26.3 Å². The van der Waals surface area contributed by atoms with Crippen LogP contribution in [0.15, 0.2) is 12.5 Å². The van der Waals surface area contributed by atoms with Crippen molar-refractivity contribution >= 4 is 53.7 Å². The lowest BCUT2D eigenvalue weighted by molar-refractivity contribution is -0.141. The summed E-state index contributed by atoms with van der Waals surface area (Å²) in [6.45, 7) is 8.66. The molecule has 3 heterocycles. The molecule has 392 valence electrons. The molecule has 3 rings (SSSR count). The average molecular weight is 980 g/mol. The highest BCUT2D eigenvalue weighted by atomic mass is 16.4. The zero-order valence-corrected chi connectivity index (χ0v) is 37.9. The standard InChI is InChI=1S/C6H9N3O2.2C5H9NO2.C5H11NO2.C4H9NO3.C3H7NO3.2C3H7NO2.C2H5NO2/c7-5(6(10)11)1-4-2-8-3-9-4;2*7-5(8)4-2-1-3-6-4;1-3(2)4(6)5(7)8;1-2(6)3(5)4(7)8;4-2(1-5)3(6)7;2*1-2(4)3(5)6;3-1-2(4)5/h2-3,5H,1,7H2,(H,8,9)(H,10,11);2*4,6H,1-3H2,(H,7,8);3-4H,6H2,1-2H3,(H,7,8);2-3,6H,5H2,1H3,(H,7,8);2,5H,1,4H2,(H,6,7);2*2H,4H2,1H3,(H,5,6);1,3H2,(H,4,5)/t5-;3*4-;2-,3+;3*2-;/m00001000./s1. The van der Waals surface area contributed by atoms with Gasteiger partial charge < -0.3 is 112 Å². The van der Waals surface area contributed by atoms with Crippen LogP contribution in [0.25, 0.3) is 0 Å². The Morgan fingerprint density at radius 3 is 1.06 bits per heavy atom. The van der Waals surface area contributed by atoms with Crippen molar-refractivity contribution in [2.75, 3.05) is 26.2 Å². The predicted molar refractivity (Wildman–Crippen MR) is 235 cm³/mol. The third kappa shape index (κ3) is 50.9. The molecule has 0 radical (unpaired) electrons. The number of imidazole rings is 1. The van der Waals surface area contributed by atoms with E-state index in [1.165, 1.54) is 27.1 Å². The fraction of sp³-hybridized carbons (Fsp3) is 0.667. The molecule has 0 bridgehead atoms. The second kappa shape index (κ2) is 43.9. The van der Waals surface area contributed by atoms with Gasteiger partial charge in [-0.3, -0.25) is 43.2 Å². The molecule has 2 saturated heterocycles. The van der Waals surface area contributed by atoms with E-state index in [0.29, 0.717) is 5.69 Å². The molecule has 1 aromatic heterocycles. The van der Waals surface area contributed by atoms with Crippen molar-refractivity contribution in [1.82, 2.24) is 20.6 Å². The highest BCUT2D eigenvalue weighted by Gasteiger charge is 2.21. The van der Waals surface area contributed by atoms with Crippen LogP contribution in [0.3, 0.4) is 0 Å². The van der Waals surface area contributed by atoms with Gasteiger partial charge in [-0.15, -0.1) is 0 Å². The van der Waals surface area contributed by atoms with Crippen molar-refractivity contribution < 1.29 is 99.3 Å². The smallest absolute Gasteiger partial charge is 0.323 e. The summed E-state index contributed by atoms with van der Waals surface area (Å²) in [4.78, 5) is 95.0. The maximum Gasteiger partial charge on any atom is 0.323 e. The molecule has 31 heteroatoms. The number of aromatic nitrogens is 2. The Morgan fingerprint density at radius 1 is 0.612 bits per heavy atom. The number of nitrogens with zero attached hydrogens (tertiary/aromatic N) is 1. The van der Waals surface area contributed by atoms with Crippen molar-refractivity contribution in [3.8, 4) is 0 Å². The molecule has 1 aromatic rings. The Bertz CT molecular complexity index is 1430. The Hall–Kier alpha value is -6.00. The van der Waals surface area contributed by atoms with Crippen LogP contribution in [0.1, 0.15) is 66.0 Å². The highest BCUT2D eigenvalue weighted by molar-refractivity contribution is 5.75. The first kappa shape index (κ1) is 72.6. The normalized spacial score (nSPS) is 17.0. The molecule has 2 aliphatic rings. The summed E-state index contributed by atoms with van der Waals surface area (Å²) in [7, 11) is 0. The first-order valence-electron chi connectivity index (χ1n) is 19.7. The number of nitrogens with one attached hydrogen (secondary N) is 3. The molecule has 0 aromatic carbocycles. The number of carboxylic acids is 9. The molecule has 2 aliphatic heterocycles. The molecule has 0 saturated carbocycles. The minimum absolute atomic E-state index is 0.0208. The van der Waals surface area contributed by atoms with E-state index in [4.69, 9.17) is 90.6 Å². The maximum absolute atomic E-state index is 10.3. The zero-order chi connectivity index (χ0) is 54.2. The minimum atomic E-state index is -1.18. The van der Waals surface area contributed by atoms with E-state index in [-0.39, 0.29) is 31.0 Å². The topological polar surface area (TPSA) is 611 Å². The van der Waals surface area contributed by atoms with E-state index >= 15 is 0 Å². The number of aromatic amines is 1. The largest absolute Gasteiger partial charge is 0.480 e. The SMILES string of the molecule is CC(C)[C@H](N)C(=O)O.C[C@@H](O)[C@H](N)C(=O)O.C[C@H](N)C(=O)O.C[C@H](N)C(=O)O.NCC(=O)O.N[C@@H](CO)C(=O)O.N[C@@H](Cc1c[nH]cn1)C(=O)O.O=C(O)[C@@H]1CCCN1.O=C(O)[C@@H]1CCCN1. The van der Waals surface area contributed by atoms with Gasteiger partial charge in [0.1, 0.15) is 48.3 Å². The number of nitrogens with two attached hydrogens (primary N) is 7. The van der Waals surface area contributed by atoms with Crippen LogP contribution in [0.4, 0.5) is 0 Å².